The van der Waals surface area contributed by atoms with Gasteiger partial charge in [-0.25, -0.2) is 8.96 Å². The number of halogens is 1. The Morgan fingerprint density at radius 3 is 2.71 bits per heavy atom. The number of nitrogens with zero attached hydrogens (tertiary/aromatic N) is 6. The molecule has 0 unspecified atom stereocenters. The van der Waals surface area contributed by atoms with Crippen molar-refractivity contribution in [2.45, 2.75) is 25.4 Å². The molecule has 7 rings (SSSR count). The molecule has 1 aliphatic carbocycles. The summed E-state index contributed by atoms with van der Waals surface area (Å²) >= 11 is 0. The molecule has 0 spiro atoms. The minimum absolute atomic E-state index is 0.00901. The number of hydrogen-bond acceptors (Lipinski definition) is 12. The van der Waals surface area contributed by atoms with Gasteiger partial charge in [0.1, 0.15) is 5.82 Å². The summed E-state index contributed by atoms with van der Waals surface area (Å²) in [4.78, 5) is 26.6. The Hall–Kier alpha value is -5.09. The van der Waals surface area contributed by atoms with Crippen molar-refractivity contribution in [2.24, 2.45) is 7.05 Å². The van der Waals surface area contributed by atoms with Crippen molar-refractivity contribution in [2.75, 3.05) is 11.1 Å². The number of pyridine rings is 1. The molecule has 14 nitrogen and oxygen atoms in total. The average Bonchev–Trinajstić information content (AvgIpc) is 3.63. The van der Waals surface area contributed by atoms with Gasteiger partial charge in [-0.3, -0.25) is 9.48 Å². The number of aliphatic hydroxyl groups is 1. The molecule has 2 aromatic carbocycles. The number of aliphatic hydroxyl groups excluding tert-OH is 1. The fourth-order valence-electron chi connectivity index (χ4n) is 5.03. The summed E-state index contributed by atoms with van der Waals surface area (Å²) in [5, 5.41) is 17.1. The molecule has 42 heavy (non-hydrogen) atoms. The SMILES string of the molecule is Cn1cc(Nc2nc(N)nc(-c3cccc(-n4c5c(c6cc(C7CC7)cc(F)c6c4=O)OS(=O)(=O)O5)c3CO)n2)cn1. The smallest absolute Gasteiger partial charge is 0.392 e. The summed E-state index contributed by atoms with van der Waals surface area (Å²) in [5.41, 5.74) is 6.58. The Bertz CT molecular complexity index is 2110. The fraction of sp³-hybridized carbons (Fsp3) is 0.192. The van der Waals surface area contributed by atoms with Gasteiger partial charge < -0.3 is 24.5 Å². The minimum atomic E-state index is -4.60. The van der Waals surface area contributed by atoms with E-state index >= 15 is 4.39 Å². The molecule has 16 heteroatoms. The van der Waals surface area contributed by atoms with Crippen molar-refractivity contribution in [3.05, 3.63) is 70.0 Å². The van der Waals surface area contributed by atoms with E-state index in [-0.39, 0.29) is 57.0 Å². The maximum absolute atomic E-state index is 15.5. The van der Waals surface area contributed by atoms with Gasteiger partial charge in [0, 0.05) is 29.8 Å². The van der Waals surface area contributed by atoms with Crippen molar-refractivity contribution < 1.29 is 26.3 Å². The van der Waals surface area contributed by atoms with Crippen LogP contribution in [0.25, 0.3) is 27.8 Å². The van der Waals surface area contributed by atoms with Crippen molar-refractivity contribution in [3.63, 3.8) is 0 Å². The topological polar surface area (TPSA) is 189 Å². The lowest BCUT2D eigenvalue weighted by Gasteiger charge is -2.17. The van der Waals surface area contributed by atoms with Gasteiger partial charge in [0.25, 0.3) is 11.4 Å². The highest BCUT2D eigenvalue weighted by Crippen LogP contribution is 2.46. The van der Waals surface area contributed by atoms with E-state index in [0.29, 0.717) is 11.3 Å². The molecule has 1 fully saturated rings. The predicted molar refractivity (Wildman–Crippen MR) is 147 cm³/mol. The maximum atomic E-state index is 15.5. The first-order chi connectivity index (χ1) is 20.1. The molecule has 4 heterocycles. The highest BCUT2D eigenvalue weighted by Gasteiger charge is 2.38. The van der Waals surface area contributed by atoms with E-state index in [9.17, 15) is 18.3 Å². The van der Waals surface area contributed by atoms with Gasteiger partial charge in [0.15, 0.2) is 5.82 Å². The first kappa shape index (κ1) is 25.8. The third-order valence-corrected chi connectivity index (χ3v) is 7.72. The van der Waals surface area contributed by atoms with E-state index in [0.717, 1.165) is 17.4 Å². The lowest BCUT2D eigenvalue weighted by Crippen LogP contribution is -2.22. The standard InChI is InChI=1S/C26H21FN8O6S/c1-34-10-14(9-29-34)30-26-32-22(31-25(28)33-26)15-3-2-4-19(17(15)11-36)35-23(37)20-16(21-24(35)41-42(38,39)40-21)7-13(8-18(20)27)12-5-6-12/h2-4,7-10,12,36H,5-6,11H2,1H3,(H3,28,30,31,32,33). The lowest BCUT2D eigenvalue weighted by atomic mass is 10.0. The molecule has 0 amide bonds. The number of benzene rings is 2. The van der Waals surface area contributed by atoms with Crippen LogP contribution in [0.5, 0.6) is 11.6 Å². The quantitative estimate of drug-likeness (QED) is 0.261. The van der Waals surface area contributed by atoms with E-state index in [1.807, 2.05) is 0 Å². The molecule has 4 N–H and O–H groups in total. The minimum Gasteiger partial charge on any atom is -0.392 e. The van der Waals surface area contributed by atoms with Crippen LogP contribution in [0.1, 0.15) is 29.9 Å². The highest BCUT2D eigenvalue weighted by molar-refractivity contribution is 7.82. The third kappa shape index (κ3) is 4.27. The van der Waals surface area contributed by atoms with E-state index in [1.165, 1.54) is 18.2 Å². The van der Waals surface area contributed by atoms with Gasteiger partial charge in [-0.2, -0.15) is 20.1 Å². The molecule has 2 aliphatic rings. The molecule has 3 aromatic heterocycles. The van der Waals surface area contributed by atoms with Crippen LogP contribution in [0.2, 0.25) is 0 Å². The maximum Gasteiger partial charge on any atom is 0.502 e. The molecule has 0 atom stereocenters. The highest BCUT2D eigenvalue weighted by atomic mass is 32.3. The molecule has 0 radical (unpaired) electrons. The van der Waals surface area contributed by atoms with Crippen molar-refractivity contribution >= 4 is 38.8 Å². The second kappa shape index (κ2) is 9.22. The number of fused-ring (bicyclic) bond motifs is 3. The zero-order chi connectivity index (χ0) is 29.3. The van der Waals surface area contributed by atoms with Crippen LogP contribution < -0.4 is 25.0 Å². The Morgan fingerprint density at radius 1 is 1.19 bits per heavy atom. The van der Waals surface area contributed by atoms with Crippen LogP contribution in [0.3, 0.4) is 0 Å². The second-order valence-corrected chi connectivity index (χ2v) is 11.0. The van der Waals surface area contributed by atoms with Crippen molar-refractivity contribution in [1.82, 2.24) is 29.3 Å². The number of nitrogen functional groups attached to an aromatic ring is 1. The summed E-state index contributed by atoms with van der Waals surface area (Å²) in [7, 11) is -2.87. The van der Waals surface area contributed by atoms with Gasteiger partial charge in [-0.15, -0.1) is 8.42 Å². The van der Waals surface area contributed by atoms with Gasteiger partial charge in [-0.05, 0) is 42.5 Å². The normalized spacial score (nSPS) is 15.3. The predicted octanol–water partition coefficient (Wildman–Crippen LogP) is 2.43. The van der Waals surface area contributed by atoms with E-state index in [1.54, 1.807) is 36.3 Å². The number of anilines is 3. The van der Waals surface area contributed by atoms with Crippen LogP contribution in [-0.2, 0) is 24.1 Å². The van der Waals surface area contributed by atoms with Crippen LogP contribution in [0.4, 0.5) is 22.0 Å². The van der Waals surface area contributed by atoms with Crippen LogP contribution in [-0.4, -0.2) is 42.8 Å². The zero-order valence-corrected chi connectivity index (χ0v) is 22.6. The third-order valence-electron chi connectivity index (χ3n) is 6.99. The summed E-state index contributed by atoms with van der Waals surface area (Å²) in [6.07, 6.45) is 4.95. The van der Waals surface area contributed by atoms with Crippen LogP contribution >= 0.6 is 0 Å². The van der Waals surface area contributed by atoms with E-state index in [4.69, 9.17) is 14.1 Å². The molecular weight excluding hydrogens is 571 g/mol. The van der Waals surface area contributed by atoms with Crippen LogP contribution in [0, 0.1) is 5.82 Å². The van der Waals surface area contributed by atoms with Gasteiger partial charge >= 0.3 is 10.4 Å². The summed E-state index contributed by atoms with van der Waals surface area (Å²) in [6.45, 7) is -0.654. The Kier molecular flexibility index (Phi) is 5.67. The first-order valence-electron chi connectivity index (χ1n) is 12.7. The van der Waals surface area contributed by atoms with Gasteiger partial charge in [-0.1, -0.05) is 12.1 Å². The number of hydrogen-bond donors (Lipinski definition) is 3. The fourth-order valence-corrected chi connectivity index (χ4v) is 5.77. The molecule has 1 aliphatic heterocycles. The summed E-state index contributed by atoms with van der Waals surface area (Å²) in [5.74, 6) is -1.53. The zero-order valence-electron chi connectivity index (χ0n) is 21.8. The Morgan fingerprint density at radius 2 is 2.00 bits per heavy atom. The monoisotopic (exact) mass is 592 g/mol. The second-order valence-electron chi connectivity index (χ2n) is 9.88. The molecule has 0 bridgehead atoms. The first-order valence-corrected chi connectivity index (χ1v) is 14.0. The van der Waals surface area contributed by atoms with Crippen LogP contribution in [0.15, 0.2) is 47.5 Å². The number of nitrogens with one attached hydrogen (secondary N) is 1. The number of nitrogens with two attached hydrogens (primary N) is 1. The molecule has 0 saturated heterocycles. The van der Waals surface area contributed by atoms with Gasteiger partial charge in [0.05, 0.1) is 29.6 Å². The Labute approximate surface area is 236 Å². The summed E-state index contributed by atoms with van der Waals surface area (Å²) < 4.78 is 53.0. The molecule has 5 aromatic rings. The Balaban J connectivity index is 1.44. The largest absolute Gasteiger partial charge is 0.502 e. The van der Waals surface area contributed by atoms with E-state index in [2.05, 4.69) is 25.4 Å². The number of rotatable bonds is 6. The van der Waals surface area contributed by atoms with Crippen molar-refractivity contribution in [3.8, 4) is 28.7 Å². The lowest BCUT2D eigenvalue weighted by molar-refractivity contribution is 0.282. The number of aryl methyl sites for hydroxylation is 1. The van der Waals surface area contributed by atoms with Gasteiger partial charge in [0.2, 0.25) is 17.6 Å². The van der Waals surface area contributed by atoms with E-state index < -0.39 is 34.3 Å². The molecule has 1 saturated carbocycles. The number of aromatic nitrogens is 6. The molecule has 214 valence electrons. The average molecular weight is 593 g/mol. The molecular formula is C26H21FN8O6S. The van der Waals surface area contributed by atoms with Crippen molar-refractivity contribution in [1.29, 1.82) is 0 Å². The summed E-state index contributed by atoms with van der Waals surface area (Å²) in [6, 6.07) is 7.36.